The second-order valence-electron chi connectivity index (χ2n) is 6.90. The van der Waals surface area contributed by atoms with Crippen molar-refractivity contribution in [3.63, 3.8) is 0 Å². The second-order valence-corrected chi connectivity index (χ2v) is 6.90. The van der Waals surface area contributed by atoms with E-state index in [0.29, 0.717) is 18.0 Å². The van der Waals surface area contributed by atoms with Crippen molar-refractivity contribution < 1.29 is 9.59 Å². The Kier molecular flexibility index (Phi) is 5.17. The molecule has 0 saturated carbocycles. The summed E-state index contributed by atoms with van der Waals surface area (Å²) in [5, 5.41) is 2.74. The van der Waals surface area contributed by atoms with E-state index in [0.717, 1.165) is 18.5 Å². The zero-order valence-electron chi connectivity index (χ0n) is 14.8. The summed E-state index contributed by atoms with van der Waals surface area (Å²) in [6.07, 6.45) is 1.86. The number of hydrogen-bond acceptors (Lipinski definition) is 2. The van der Waals surface area contributed by atoms with Gasteiger partial charge in [0.2, 0.25) is 5.91 Å². The molecule has 0 radical (unpaired) electrons. The molecule has 1 aliphatic rings. The van der Waals surface area contributed by atoms with Gasteiger partial charge in [0, 0.05) is 17.8 Å². The molecule has 4 heteroatoms. The van der Waals surface area contributed by atoms with E-state index in [1.54, 1.807) is 4.90 Å². The summed E-state index contributed by atoms with van der Waals surface area (Å²) >= 11 is 0. The van der Waals surface area contributed by atoms with Gasteiger partial charge in [0.1, 0.15) is 0 Å². The van der Waals surface area contributed by atoms with Crippen LogP contribution in [-0.4, -0.2) is 24.9 Å². The third-order valence-corrected chi connectivity index (χ3v) is 4.45. The smallest absolute Gasteiger partial charge is 0.251 e. The van der Waals surface area contributed by atoms with Crippen molar-refractivity contribution in [2.75, 3.05) is 18.0 Å². The Labute approximate surface area is 148 Å². The minimum Gasteiger partial charge on any atom is -0.343 e. The highest BCUT2D eigenvalue weighted by Gasteiger charge is 2.24. The molecule has 3 rings (SSSR count). The molecule has 2 aromatic rings. The lowest BCUT2D eigenvalue weighted by Gasteiger charge is -2.17. The molecule has 25 heavy (non-hydrogen) atoms. The van der Waals surface area contributed by atoms with Crippen LogP contribution in [0.2, 0.25) is 0 Å². The fraction of sp³-hybridized carbons (Fsp3) is 0.333. The van der Waals surface area contributed by atoms with Gasteiger partial charge in [-0.05, 0) is 48.1 Å². The highest BCUT2D eigenvalue weighted by molar-refractivity contribution is 6.01. The summed E-state index contributed by atoms with van der Waals surface area (Å²) in [6.45, 7) is 5.03. The van der Waals surface area contributed by atoms with Gasteiger partial charge in [0.05, 0.1) is 6.54 Å². The summed E-state index contributed by atoms with van der Waals surface area (Å²) in [5.41, 5.74) is 3.95. The van der Waals surface area contributed by atoms with Crippen LogP contribution in [0.1, 0.15) is 35.3 Å². The van der Waals surface area contributed by atoms with Gasteiger partial charge in [-0.15, -0.1) is 0 Å². The maximum atomic E-state index is 12.4. The van der Waals surface area contributed by atoms with Crippen LogP contribution in [0.5, 0.6) is 0 Å². The zero-order chi connectivity index (χ0) is 17.8. The van der Waals surface area contributed by atoms with Gasteiger partial charge in [-0.2, -0.15) is 0 Å². The molecule has 0 aliphatic carbocycles. The van der Waals surface area contributed by atoms with E-state index >= 15 is 0 Å². The quantitative estimate of drug-likeness (QED) is 0.911. The van der Waals surface area contributed by atoms with Crippen LogP contribution >= 0.6 is 0 Å². The summed E-state index contributed by atoms with van der Waals surface area (Å²) in [4.78, 5) is 26.4. The number of hydrogen-bond donors (Lipinski definition) is 1. The van der Waals surface area contributed by atoms with Gasteiger partial charge >= 0.3 is 0 Å². The number of carbonyl (C=O) groups is 2. The average molecular weight is 336 g/mol. The largest absolute Gasteiger partial charge is 0.343 e. The van der Waals surface area contributed by atoms with Crippen LogP contribution in [0.15, 0.2) is 48.5 Å². The Morgan fingerprint density at radius 2 is 1.80 bits per heavy atom. The molecule has 0 bridgehead atoms. The van der Waals surface area contributed by atoms with Crippen LogP contribution < -0.4 is 10.2 Å². The Morgan fingerprint density at radius 3 is 2.52 bits per heavy atom. The van der Waals surface area contributed by atoms with Gasteiger partial charge < -0.3 is 10.2 Å². The molecular weight excluding hydrogens is 312 g/mol. The lowest BCUT2D eigenvalue weighted by atomic mass is 10.0. The summed E-state index contributed by atoms with van der Waals surface area (Å²) in [5.74, 6) is 0.298. The van der Waals surface area contributed by atoms with Crippen LogP contribution in [0.3, 0.4) is 0 Å². The van der Waals surface area contributed by atoms with Gasteiger partial charge in [0.25, 0.3) is 5.91 Å². The van der Waals surface area contributed by atoms with Crippen molar-refractivity contribution in [3.8, 4) is 0 Å². The molecule has 1 heterocycles. The third-order valence-electron chi connectivity index (χ3n) is 4.45. The van der Waals surface area contributed by atoms with E-state index in [2.05, 4.69) is 19.2 Å². The minimum absolute atomic E-state index is 0.0148. The van der Waals surface area contributed by atoms with E-state index in [-0.39, 0.29) is 18.4 Å². The lowest BCUT2D eigenvalue weighted by Crippen LogP contribution is -2.39. The average Bonchev–Trinajstić information content (AvgIpc) is 3.03. The molecule has 1 aliphatic heterocycles. The number of nitrogens with one attached hydrogen (secondary N) is 1. The lowest BCUT2D eigenvalue weighted by molar-refractivity contribution is -0.117. The first-order valence-electron chi connectivity index (χ1n) is 8.80. The van der Waals surface area contributed by atoms with Gasteiger partial charge in [0.15, 0.2) is 0 Å². The Hall–Kier alpha value is -2.62. The number of carbonyl (C=O) groups excluding carboxylic acids is 2. The van der Waals surface area contributed by atoms with E-state index in [1.165, 1.54) is 11.1 Å². The van der Waals surface area contributed by atoms with Crippen molar-refractivity contribution in [2.24, 2.45) is 5.92 Å². The first-order chi connectivity index (χ1) is 12.0. The number of benzene rings is 2. The molecular formula is C21H24N2O2. The van der Waals surface area contributed by atoms with Crippen molar-refractivity contribution in [3.05, 3.63) is 65.2 Å². The predicted octanol–water partition coefficient (Wildman–Crippen LogP) is 3.20. The Balaban J connectivity index is 1.56. The van der Waals surface area contributed by atoms with Crippen molar-refractivity contribution in [2.45, 2.75) is 26.7 Å². The van der Waals surface area contributed by atoms with Crippen molar-refractivity contribution in [1.82, 2.24) is 5.32 Å². The predicted molar refractivity (Wildman–Crippen MR) is 99.8 cm³/mol. The molecule has 0 aromatic heterocycles. The molecule has 0 atom stereocenters. The number of fused-ring (bicyclic) bond motifs is 1. The highest BCUT2D eigenvalue weighted by atomic mass is 16.2. The van der Waals surface area contributed by atoms with Crippen LogP contribution in [0.25, 0.3) is 0 Å². The van der Waals surface area contributed by atoms with E-state index in [1.807, 2.05) is 48.5 Å². The van der Waals surface area contributed by atoms with E-state index in [9.17, 15) is 9.59 Å². The molecule has 2 amide bonds. The molecule has 130 valence electrons. The van der Waals surface area contributed by atoms with Crippen LogP contribution in [0, 0.1) is 5.92 Å². The Morgan fingerprint density at radius 1 is 1.08 bits per heavy atom. The van der Waals surface area contributed by atoms with E-state index in [4.69, 9.17) is 0 Å². The van der Waals surface area contributed by atoms with Gasteiger partial charge in [-0.25, -0.2) is 0 Å². The topological polar surface area (TPSA) is 49.4 Å². The minimum atomic E-state index is -0.211. The maximum absolute atomic E-state index is 12.4. The number of para-hydroxylation sites is 1. The molecule has 1 N–H and O–H groups in total. The molecule has 4 nitrogen and oxygen atoms in total. The van der Waals surface area contributed by atoms with Gasteiger partial charge in [-0.1, -0.05) is 44.2 Å². The summed E-state index contributed by atoms with van der Waals surface area (Å²) in [7, 11) is 0. The van der Waals surface area contributed by atoms with Crippen LogP contribution in [0.4, 0.5) is 5.69 Å². The zero-order valence-corrected chi connectivity index (χ0v) is 14.8. The number of amides is 2. The number of rotatable bonds is 5. The summed E-state index contributed by atoms with van der Waals surface area (Å²) < 4.78 is 0. The molecule has 0 spiro atoms. The first kappa shape index (κ1) is 17.2. The fourth-order valence-corrected chi connectivity index (χ4v) is 3.21. The van der Waals surface area contributed by atoms with Crippen molar-refractivity contribution in [1.29, 1.82) is 0 Å². The van der Waals surface area contributed by atoms with Gasteiger partial charge in [-0.3, -0.25) is 9.59 Å². The van der Waals surface area contributed by atoms with E-state index < -0.39 is 0 Å². The third kappa shape index (κ3) is 4.08. The SMILES string of the molecule is CC(C)Cc1ccc(C(=O)NCC(=O)N2CCc3ccccc32)cc1. The van der Waals surface area contributed by atoms with Crippen LogP contribution in [-0.2, 0) is 17.6 Å². The molecule has 0 fully saturated rings. The van der Waals surface area contributed by atoms with Crippen molar-refractivity contribution >= 4 is 17.5 Å². The molecule has 0 saturated heterocycles. The summed E-state index contributed by atoms with van der Waals surface area (Å²) in [6, 6.07) is 15.5. The molecule has 0 unspecified atom stereocenters. The maximum Gasteiger partial charge on any atom is 0.251 e. The highest BCUT2D eigenvalue weighted by Crippen LogP contribution is 2.27. The fourth-order valence-electron chi connectivity index (χ4n) is 3.21. The number of nitrogens with zero attached hydrogens (tertiary/aromatic N) is 1. The Bertz CT molecular complexity index is 766. The second kappa shape index (κ2) is 7.51. The normalized spacial score (nSPS) is 13.0. The molecule has 2 aromatic carbocycles. The first-order valence-corrected chi connectivity index (χ1v) is 8.80. The number of anilines is 1. The monoisotopic (exact) mass is 336 g/mol. The standard InChI is InChI=1S/C21H24N2O2/c1-15(2)13-16-7-9-18(10-8-16)21(25)22-14-20(24)23-12-11-17-5-3-4-6-19(17)23/h3-10,15H,11-14H2,1-2H3,(H,22,25).